The van der Waals surface area contributed by atoms with Crippen LogP contribution >= 0.6 is 0 Å². The second-order valence-corrected chi connectivity index (χ2v) is 14.2. The quantitative estimate of drug-likeness (QED) is 0.0921. The molecule has 0 radical (unpaired) electrons. The summed E-state index contributed by atoms with van der Waals surface area (Å²) in [6.45, 7) is 17.5. The van der Waals surface area contributed by atoms with Crippen LogP contribution in [-0.4, -0.2) is 26.6 Å². The highest BCUT2D eigenvalue weighted by molar-refractivity contribution is 6.60. The van der Waals surface area contributed by atoms with Gasteiger partial charge in [0, 0.05) is 18.3 Å². The van der Waals surface area contributed by atoms with Gasteiger partial charge in [0.25, 0.3) is 0 Å². The molecule has 0 amide bonds. The van der Waals surface area contributed by atoms with Crippen molar-refractivity contribution in [2.45, 2.75) is 195 Å². The lowest BCUT2D eigenvalue weighted by molar-refractivity contribution is -0.0413. The molecule has 0 aromatic carbocycles. The minimum Gasteiger partial charge on any atom is -0.371 e. The van der Waals surface area contributed by atoms with E-state index < -0.39 is 8.80 Å². The molecular formula is C30H64O3Si. The molecule has 0 aliphatic carbocycles. The van der Waals surface area contributed by atoms with Gasteiger partial charge in [0.15, 0.2) is 0 Å². The average Bonchev–Trinajstić information content (AvgIpc) is 2.73. The molecule has 0 aromatic heterocycles. The van der Waals surface area contributed by atoms with Crippen molar-refractivity contribution in [3.8, 4) is 0 Å². The maximum absolute atomic E-state index is 6.86. The van der Waals surface area contributed by atoms with Gasteiger partial charge >= 0.3 is 8.80 Å². The van der Waals surface area contributed by atoms with E-state index in [9.17, 15) is 0 Å². The van der Waals surface area contributed by atoms with E-state index in [1.54, 1.807) is 0 Å². The fourth-order valence-electron chi connectivity index (χ4n) is 4.77. The van der Waals surface area contributed by atoms with Gasteiger partial charge < -0.3 is 13.3 Å². The summed E-state index contributed by atoms with van der Waals surface area (Å²) in [7, 11) is -2.73. The largest absolute Gasteiger partial charge is 0.501 e. The fourth-order valence-corrected chi connectivity index (χ4v) is 8.32. The minimum absolute atomic E-state index is 0.128. The predicted octanol–water partition coefficient (Wildman–Crippen LogP) is 10.6. The summed E-state index contributed by atoms with van der Waals surface area (Å²) in [5, 5.41) is 0. The van der Waals surface area contributed by atoms with Crippen LogP contribution in [0.2, 0.25) is 6.04 Å². The minimum atomic E-state index is -2.73. The van der Waals surface area contributed by atoms with E-state index in [1.165, 1.54) is 103 Å². The van der Waals surface area contributed by atoms with Crippen molar-refractivity contribution in [3.05, 3.63) is 0 Å². The first-order valence-electron chi connectivity index (χ1n) is 15.2. The first kappa shape index (κ1) is 34.1. The first-order chi connectivity index (χ1) is 16.2. The molecule has 3 nitrogen and oxygen atoms in total. The molecule has 0 saturated heterocycles. The molecule has 0 unspecified atom stereocenters. The molecule has 0 atom stereocenters. The van der Waals surface area contributed by atoms with Crippen LogP contribution in [0.5, 0.6) is 0 Å². The summed E-state index contributed by atoms with van der Waals surface area (Å²) >= 11 is 0. The monoisotopic (exact) mass is 500 g/mol. The summed E-state index contributed by atoms with van der Waals surface area (Å²) in [5.74, 6) is 0. The third kappa shape index (κ3) is 20.3. The van der Waals surface area contributed by atoms with Crippen molar-refractivity contribution in [1.82, 2.24) is 0 Å². The lowest BCUT2D eigenvalue weighted by atomic mass is 9.99. The fraction of sp³-hybridized carbons (Fsp3) is 1.00. The molecule has 0 aliphatic rings. The Labute approximate surface area is 216 Å². The smallest absolute Gasteiger partial charge is 0.371 e. The van der Waals surface area contributed by atoms with Gasteiger partial charge in [0.2, 0.25) is 0 Å². The third-order valence-electron chi connectivity index (χ3n) is 6.48. The van der Waals surface area contributed by atoms with E-state index in [1.807, 2.05) is 0 Å². The van der Waals surface area contributed by atoms with Gasteiger partial charge in [-0.3, -0.25) is 0 Å². The second kappa shape index (κ2) is 21.2. The molecule has 4 heteroatoms. The molecular weight excluding hydrogens is 436 g/mol. The van der Waals surface area contributed by atoms with E-state index in [4.69, 9.17) is 13.3 Å². The van der Waals surface area contributed by atoms with Gasteiger partial charge in [-0.25, -0.2) is 0 Å². The molecule has 0 spiro atoms. The van der Waals surface area contributed by atoms with Crippen LogP contribution in [0, 0.1) is 0 Å². The Morgan fingerprint density at radius 3 is 1.26 bits per heavy atom. The zero-order chi connectivity index (χ0) is 25.7. The number of unbranched alkanes of at least 4 members (excludes halogenated alkanes) is 15. The first-order valence-corrected chi connectivity index (χ1v) is 17.2. The number of hydrogen-bond acceptors (Lipinski definition) is 3. The molecule has 0 rings (SSSR count). The number of rotatable bonds is 25. The van der Waals surface area contributed by atoms with Crippen molar-refractivity contribution in [2.24, 2.45) is 0 Å². The molecule has 0 N–H and O–H groups in total. The lowest BCUT2D eigenvalue weighted by Crippen LogP contribution is -2.53. The van der Waals surface area contributed by atoms with Crippen LogP contribution in [0.4, 0.5) is 0 Å². The van der Waals surface area contributed by atoms with Crippen LogP contribution in [0.25, 0.3) is 0 Å². The van der Waals surface area contributed by atoms with Crippen LogP contribution in [0.15, 0.2) is 0 Å². The average molecular weight is 501 g/mol. The molecule has 0 aliphatic heterocycles. The maximum Gasteiger partial charge on any atom is 0.501 e. The molecule has 0 aromatic rings. The summed E-state index contributed by atoms with van der Waals surface area (Å²) < 4.78 is 19.9. The van der Waals surface area contributed by atoms with Crippen LogP contribution in [-0.2, 0) is 13.3 Å². The Hall–Kier alpha value is 0.0969. The van der Waals surface area contributed by atoms with Crippen LogP contribution in [0.3, 0.4) is 0 Å². The summed E-state index contributed by atoms with van der Waals surface area (Å²) in [6.07, 6.45) is 24.2. The molecule has 0 heterocycles. The standard InChI is InChI=1S/C30H64O3Si/c1-9-11-13-15-17-18-19-20-21-22-24-26-30(7,8)33-34(31-28(3)4,32-29(5)6)27-25-23-16-14-12-10-2/h28-29H,9-27H2,1-8H3. The van der Waals surface area contributed by atoms with Gasteiger partial charge in [0.1, 0.15) is 0 Å². The topological polar surface area (TPSA) is 27.7 Å². The van der Waals surface area contributed by atoms with Gasteiger partial charge in [0.05, 0.1) is 5.60 Å². The van der Waals surface area contributed by atoms with Crippen molar-refractivity contribution in [3.63, 3.8) is 0 Å². The summed E-state index contributed by atoms with van der Waals surface area (Å²) in [5.41, 5.74) is -0.197. The van der Waals surface area contributed by atoms with E-state index in [0.717, 1.165) is 18.9 Å². The van der Waals surface area contributed by atoms with Gasteiger partial charge in [-0.1, -0.05) is 117 Å². The third-order valence-corrected chi connectivity index (χ3v) is 9.97. The molecule has 0 fully saturated rings. The molecule has 0 bridgehead atoms. The molecule has 0 saturated carbocycles. The van der Waals surface area contributed by atoms with Gasteiger partial charge in [-0.15, -0.1) is 0 Å². The number of hydrogen-bond donors (Lipinski definition) is 0. The Kier molecular flexibility index (Phi) is 21.3. The Balaban J connectivity index is 4.52. The van der Waals surface area contributed by atoms with Gasteiger partial charge in [-0.05, 0) is 54.4 Å². The van der Waals surface area contributed by atoms with Crippen LogP contribution in [0.1, 0.15) is 171 Å². The lowest BCUT2D eigenvalue weighted by Gasteiger charge is -2.39. The van der Waals surface area contributed by atoms with E-state index in [-0.39, 0.29) is 17.8 Å². The summed E-state index contributed by atoms with van der Waals surface area (Å²) in [6, 6.07) is 0.942. The van der Waals surface area contributed by atoms with E-state index in [2.05, 4.69) is 55.4 Å². The highest BCUT2D eigenvalue weighted by Crippen LogP contribution is 2.31. The Morgan fingerprint density at radius 2 is 0.882 bits per heavy atom. The second-order valence-electron chi connectivity index (χ2n) is 11.7. The van der Waals surface area contributed by atoms with Crippen molar-refractivity contribution >= 4 is 8.80 Å². The van der Waals surface area contributed by atoms with Crippen molar-refractivity contribution in [1.29, 1.82) is 0 Å². The summed E-state index contributed by atoms with van der Waals surface area (Å²) in [4.78, 5) is 0. The Bertz CT molecular complexity index is 427. The zero-order valence-electron chi connectivity index (χ0n) is 24.8. The Morgan fingerprint density at radius 1 is 0.529 bits per heavy atom. The van der Waals surface area contributed by atoms with Crippen LogP contribution < -0.4 is 0 Å². The zero-order valence-corrected chi connectivity index (χ0v) is 25.8. The molecule has 34 heavy (non-hydrogen) atoms. The highest BCUT2D eigenvalue weighted by atomic mass is 28.4. The SMILES string of the molecule is CCCCCCCCCCCCCC(C)(C)O[Si](CCCCCCCC)(OC(C)C)OC(C)C. The predicted molar refractivity (Wildman–Crippen MR) is 153 cm³/mol. The van der Waals surface area contributed by atoms with Crippen molar-refractivity contribution in [2.75, 3.05) is 0 Å². The van der Waals surface area contributed by atoms with E-state index in [0.29, 0.717) is 0 Å². The van der Waals surface area contributed by atoms with Gasteiger partial charge in [-0.2, -0.15) is 0 Å². The maximum atomic E-state index is 6.86. The van der Waals surface area contributed by atoms with E-state index >= 15 is 0 Å². The highest BCUT2D eigenvalue weighted by Gasteiger charge is 2.46. The normalized spacial score (nSPS) is 12.9. The molecule has 206 valence electrons. The van der Waals surface area contributed by atoms with Crippen molar-refractivity contribution < 1.29 is 13.3 Å².